The molecular weight excluding hydrogens is 418 g/mol. The topological polar surface area (TPSA) is 72.9 Å². The first-order chi connectivity index (χ1) is 16.0. The van der Waals surface area contributed by atoms with Crippen LogP contribution in [0.5, 0.6) is 0 Å². The standard InChI is InChI=1S/C27H47NO5/c1-4-5-6-7-8-9-10-11-12-13-14-15-16-17-18-19-20-32-27(31)26-21-25(33-24(3)30)22-28(26)23(2)29/h11-12,25-26H,4-10,13-22H2,1-3H3/b12-11-/t25-,26+/m1/s1. The number of esters is 2. The summed E-state index contributed by atoms with van der Waals surface area (Å²) in [6, 6.07) is -0.652. The van der Waals surface area contributed by atoms with Crippen molar-refractivity contribution in [2.24, 2.45) is 0 Å². The summed E-state index contributed by atoms with van der Waals surface area (Å²) in [5.41, 5.74) is 0. The Balaban J connectivity index is 1.99. The van der Waals surface area contributed by atoms with Crippen LogP contribution < -0.4 is 0 Å². The van der Waals surface area contributed by atoms with Crippen LogP contribution in [0.1, 0.15) is 117 Å². The van der Waals surface area contributed by atoms with Crippen molar-refractivity contribution in [3.63, 3.8) is 0 Å². The quantitative estimate of drug-likeness (QED) is 0.138. The maximum atomic E-state index is 12.4. The minimum atomic E-state index is -0.652. The Labute approximate surface area is 201 Å². The number of ether oxygens (including phenoxy) is 2. The average Bonchev–Trinajstić information content (AvgIpc) is 3.19. The van der Waals surface area contributed by atoms with Crippen molar-refractivity contribution in [1.82, 2.24) is 4.90 Å². The van der Waals surface area contributed by atoms with E-state index in [-0.39, 0.29) is 12.5 Å². The summed E-state index contributed by atoms with van der Waals surface area (Å²) in [6.45, 7) is 5.63. The summed E-state index contributed by atoms with van der Waals surface area (Å²) in [6.07, 6.45) is 21.8. The van der Waals surface area contributed by atoms with Crippen LogP contribution in [0.15, 0.2) is 12.2 Å². The lowest BCUT2D eigenvalue weighted by atomic mass is 10.1. The average molecular weight is 466 g/mol. The van der Waals surface area contributed by atoms with Crippen molar-refractivity contribution in [3.05, 3.63) is 12.2 Å². The van der Waals surface area contributed by atoms with Crippen LogP contribution in [-0.2, 0) is 23.9 Å². The Hall–Kier alpha value is -1.85. The van der Waals surface area contributed by atoms with Gasteiger partial charge in [-0.3, -0.25) is 9.59 Å². The molecule has 0 N–H and O–H groups in total. The summed E-state index contributed by atoms with van der Waals surface area (Å²) >= 11 is 0. The number of carbonyl (C=O) groups is 3. The van der Waals surface area contributed by atoms with Gasteiger partial charge >= 0.3 is 11.9 Å². The number of likely N-dealkylation sites (tertiary alicyclic amines) is 1. The van der Waals surface area contributed by atoms with Gasteiger partial charge < -0.3 is 14.4 Å². The monoisotopic (exact) mass is 465 g/mol. The van der Waals surface area contributed by atoms with Crippen molar-refractivity contribution in [2.45, 2.75) is 129 Å². The zero-order chi connectivity index (χ0) is 24.3. The summed E-state index contributed by atoms with van der Waals surface area (Å²) in [5.74, 6) is -1.00. The van der Waals surface area contributed by atoms with Crippen LogP contribution in [0, 0.1) is 0 Å². The van der Waals surface area contributed by atoms with E-state index >= 15 is 0 Å². The minimum absolute atomic E-state index is 0.205. The molecule has 6 heteroatoms. The van der Waals surface area contributed by atoms with E-state index in [1.807, 2.05) is 0 Å². The highest BCUT2D eigenvalue weighted by atomic mass is 16.5. The highest BCUT2D eigenvalue weighted by Gasteiger charge is 2.40. The molecule has 1 saturated heterocycles. The SMILES string of the molecule is CCCCCCCC/C=C\CCCCCCCCOC(=O)[C@@H]1C[C@@H](OC(C)=O)CN1C(C)=O. The molecule has 0 saturated carbocycles. The van der Waals surface area contributed by atoms with E-state index in [1.165, 1.54) is 89.4 Å². The third kappa shape index (κ3) is 14.1. The lowest BCUT2D eigenvalue weighted by molar-refractivity contribution is -0.153. The van der Waals surface area contributed by atoms with Crippen molar-refractivity contribution >= 4 is 17.8 Å². The molecule has 1 rings (SSSR count). The molecule has 190 valence electrons. The lowest BCUT2D eigenvalue weighted by Crippen LogP contribution is -2.40. The second-order valence-corrected chi connectivity index (χ2v) is 9.26. The predicted molar refractivity (Wildman–Crippen MR) is 132 cm³/mol. The highest BCUT2D eigenvalue weighted by molar-refractivity contribution is 5.84. The van der Waals surface area contributed by atoms with Crippen LogP contribution in [-0.4, -0.2) is 48.0 Å². The van der Waals surface area contributed by atoms with Gasteiger partial charge in [-0.1, -0.05) is 76.9 Å². The third-order valence-electron chi connectivity index (χ3n) is 6.17. The van der Waals surface area contributed by atoms with E-state index in [0.717, 1.165) is 19.3 Å². The van der Waals surface area contributed by atoms with Gasteiger partial charge in [-0.2, -0.15) is 0 Å². The van der Waals surface area contributed by atoms with Gasteiger partial charge in [0.15, 0.2) is 0 Å². The van der Waals surface area contributed by atoms with Crippen molar-refractivity contribution in [2.75, 3.05) is 13.2 Å². The first-order valence-electron chi connectivity index (χ1n) is 13.2. The fourth-order valence-electron chi connectivity index (χ4n) is 4.31. The van der Waals surface area contributed by atoms with E-state index in [9.17, 15) is 14.4 Å². The van der Waals surface area contributed by atoms with Gasteiger partial charge in [-0.05, 0) is 32.1 Å². The molecule has 1 aliphatic rings. The number of carbonyl (C=O) groups excluding carboxylic acids is 3. The van der Waals surface area contributed by atoms with Gasteiger partial charge in [-0.25, -0.2) is 4.79 Å². The van der Waals surface area contributed by atoms with Crippen molar-refractivity contribution < 1.29 is 23.9 Å². The van der Waals surface area contributed by atoms with Gasteiger partial charge in [0.05, 0.1) is 13.2 Å². The molecule has 0 radical (unpaired) electrons. The number of allylic oxidation sites excluding steroid dienone is 2. The molecule has 0 aromatic heterocycles. The van der Waals surface area contributed by atoms with Gasteiger partial charge in [0, 0.05) is 20.3 Å². The lowest BCUT2D eigenvalue weighted by Gasteiger charge is -2.21. The Morgan fingerprint density at radius 2 is 1.36 bits per heavy atom. The zero-order valence-corrected chi connectivity index (χ0v) is 21.3. The molecule has 0 aromatic rings. The van der Waals surface area contributed by atoms with E-state index < -0.39 is 24.1 Å². The molecule has 1 fully saturated rings. The van der Waals surface area contributed by atoms with Crippen molar-refractivity contribution in [3.8, 4) is 0 Å². The molecule has 33 heavy (non-hydrogen) atoms. The van der Waals surface area contributed by atoms with Crippen molar-refractivity contribution in [1.29, 1.82) is 0 Å². The summed E-state index contributed by atoms with van der Waals surface area (Å²) in [5, 5.41) is 0. The Bertz CT molecular complexity index is 589. The van der Waals surface area contributed by atoms with Gasteiger partial charge in [0.1, 0.15) is 12.1 Å². The fourth-order valence-corrected chi connectivity index (χ4v) is 4.31. The molecule has 0 bridgehead atoms. The van der Waals surface area contributed by atoms with Gasteiger partial charge in [0.25, 0.3) is 0 Å². The number of amides is 1. The molecule has 6 nitrogen and oxygen atoms in total. The maximum Gasteiger partial charge on any atom is 0.329 e. The number of hydrogen-bond acceptors (Lipinski definition) is 5. The van der Waals surface area contributed by atoms with E-state index in [4.69, 9.17) is 9.47 Å². The molecule has 1 amide bonds. The van der Waals surface area contributed by atoms with Crippen LogP contribution in [0.3, 0.4) is 0 Å². The first kappa shape index (κ1) is 29.2. The number of unbranched alkanes of at least 4 members (excludes halogenated alkanes) is 12. The zero-order valence-electron chi connectivity index (χ0n) is 21.3. The minimum Gasteiger partial charge on any atom is -0.464 e. The largest absolute Gasteiger partial charge is 0.464 e. The second-order valence-electron chi connectivity index (χ2n) is 9.26. The molecule has 1 heterocycles. The Kier molecular flexibility index (Phi) is 16.4. The molecular formula is C27H47NO5. The smallest absolute Gasteiger partial charge is 0.329 e. The van der Waals surface area contributed by atoms with E-state index in [2.05, 4.69) is 19.1 Å². The van der Waals surface area contributed by atoms with E-state index in [1.54, 1.807) is 0 Å². The van der Waals surface area contributed by atoms with Gasteiger partial charge in [0.2, 0.25) is 5.91 Å². The normalized spacial score (nSPS) is 18.1. The summed E-state index contributed by atoms with van der Waals surface area (Å²) in [7, 11) is 0. The van der Waals surface area contributed by atoms with Crippen LogP contribution in [0.25, 0.3) is 0 Å². The van der Waals surface area contributed by atoms with Crippen LogP contribution in [0.2, 0.25) is 0 Å². The molecule has 0 aliphatic carbocycles. The maximum absolute atomic E-state index is 12.4. The number of rotatable bonds is 18. The summed E-state index contributed by atoms with van der Waals surface area (Å²) < 4.78 is 10.6. The highest BCUT2D eigenvalue weighted by Crippen LogP contribution is 2.22. The molecule has 1 aliphatic heterocycles. The Morgan fingerprint density at radius 1 is 0.818 bits per heavy atom. The molecule has 0 spiro atoms. The number of hydrogen-bond donors (Lipinski definition) is 0. The molecule has 0 unspecified atom stereocenters. The van der Waals surface area contributed by atoms with Gasteiger partial charge in [-0.15, -0.1) is 0 Å². The predicted octanol–water partition coefficient (Wildman–Crippen LogP) is 6.12. The molecule has 2 atom stereocenters. The Morgan fingerprint density at radius 3 is 1.91 bits per heavy atom. The van der Waals surface area contributed by atoms with Crippen LogP contribution >= 0.6 is 0 Å². The first-order valence-corrected chi connectivity index (χ1v) is 13.2. The molecule has 0 aromatic carbocycles. The fraction of sp³-hybridized carbons (Fsp3) is 0.815. The third-order valence-corrected chi connectivity index (χ3v) is 6.17. The van der Waals surface area contributed by atoms with Crippen LogP contribution in [0.4, 0.5) is 0 Å². The second kappa shape index (κ2) is 18.6. The number of nitrogens with zero attached hydrogens (tertiary/aromatic N) is 1. The van der Waals surface area contributed by atoms with E-state index in [0.29, 0.717) is 13.0 Å². The summed E-state index contributed by atoms with van der Waals surface area (Å²) in [4.78, 5) is 36.8.